The first-order valence-electron chi connectivity index (χ1n) is 8.93. The normalized spacial score (nSPS) is 18.0. The number of carbonyl (C=O) groups excluding carboxylic acids is 2. The zero-order valence-electron chi connectivity index (χ0n) is 14.6. The second-order valence-electron chi connectivity index (χ2n) is 7.33. The summed E-state index contributed by atoms with van der Waals surface area (Å²) >= 11 is 0. The Balaban J connectivity index is 1.45. The number of amides is 3. The molecule has 2 aliphatic heterocycles. The van der Waals surface area contributed by atoms with E-state index >= 15 is 0 Å². The van der Waals surface area contributed by atoms with Gasteiger partial charge in [0, 0.05) is 38.6 Å². The van der Waals surface area contributed by atoms with Crippen LogP contribution in [0.4, 0.5) is 4.79 Å². The molecule has 2 heterocycles. The number of piperidine rings is 1. The van der Waals surface area contributed by atoms with Crippen molar-refractivity contribution in [3.05, 3.63) is 35.4 Å². The van der Waals surface area contributed by atoms with Gasteiger partial charge in [-0.25, -0.2) is 4.79 Å². The molecule has 130 valence electrons. The fourth-order valence-corrected chi connectivity index (χ4v) is 3.49. The number of carbonyl (C=O) groups is 2. The minimum Gasteiger partial charge on any atom is -0.343 e. The third-order valence-electron chi connectivity index (χ3n) is 4.89. The number of rotatable bonds is 3. The van der Waals surface area contributed by atoms with Gasteiger partial charge in [-0.1, -0.05) is 38.1 Å². The van der Waals surface area contributed by atoms with E-state index in [1.54, 1.807) is 0 Å². The number of hydrogen-bond donors (Lipinski definition) is 1. The maximum Gasteiger partial charge on any atom is 0.318 e. The topological polar surface area (TPSA) is 52.7 Å². The van der Waals surface area contributed by atoms with Crippen molar-refractivity contribution in [3.8, 4) is 0 Å². The summed E-state index contributed by atoms with van der Waals surface area (Å²) in [7, 11) is 0. The van der Waals surface area contributed by atoms with Crippen LogP contribution >= 0.6 is 0 Å². The Morgan fingerprint density at radius 2 is 1.67 bits per heavy atom. The molecule has 1 N–H and O–H groups in total. The largest absolute Gasteiger partial charge is 0.343 e. The highest BCUT2D eigenvalue weighted by Crippen LogP contribution is 2.22. The summed E-state index contributed by atoms with van der Waals surface area (Å²) in [6.07, 6.45) is 2.30. The number of likely N-dealkylation sites (tertiary alicyclic amines) is 1. The molecule has 5 nitrogen and oxygen atoms in total. The van der Waals surface area contributed by atoms with E-state index in [0.717, 1.165) is 25.9 Å². The molecule has 24 heavy (non-hydrogen) atoms. The van der Waals surface area contributed by atoms with Gasteiger partial charge in [-0.05, 0) is 29.9 Å². The van der Waals surface area contributed by atoms with Crippen molar-refractivity contribution in [2.24, 2.45) is 5.92 Å². The molecular weight excluding hydrogens is 302 g/mol. The number of fused-ring (bicyclic) bond motifs is 1. The summed E-state index contributed by atoms with van der Waals surface area (Å²) in [5.41, 5.74) is 2.48. The molecule has 0 aliphatic carbocycles. The first-order valence-corrected chi connectivity index (χ1v) is 8.93. The zero-order chi connectivity index (χ0) is 17.1. The molecule has 0 atom stereocenters. The fraction of sp³-hybridized carbons (Fsp3) is 0.579. The van der Waals surface area contributed by atoms with Crippen LogP contribution in [0.15, 0.2) is 24.3 Å². The predicted octanol–water partition coefficient (Wildman–Crippen LogP) is 2.75. The molecule has 3 amide bonds. The van der Waals surface area contributed by atoms with Crippen LogP contribution in [-0.2, 0) is 17.9 Å². The Morgan fingerprint density at radius 1 is 1.08 bits per heavy atom. The molecule has 5 heteroatoms. The first-order chi connectivity index (χ1) is 11.5. The lowest BCUT2D eigenvalue weighted by atomic mass is 10.0. The number of nitrogens with one attached hydrogen (secondary N) is 1. The van der Waals surface area contributed by atoms with Crippen molar-refractivity contribution in [3.63, 3.8) is 0 Å². The summed E-state index contributed by atoms with van der Waals surface area (Å²) in [5.74, 6) is 0.636. The van der Waals surface area contributed by atoms with Crippen LogP contribution in [0.1, 0.15) is 44.2 Å². The number of nitrogens with zero attached hydrogens (tertiary/aromatic N) is 2. The van der Waals surface area contributed by atoms with Crippen LogP contribution in [0.5, 0.6) is 0 Å². The van der Waals surface area contributed by atoms with Crippen LogP contribution in [-0.4, -0.2) is 40.9 Å². The number of benzene rings is 1. The van der Waals surface area contributed by atoms with Gasteiger partial charge in [0.25, 0.3) is 0 Å². The molecular formula is C19H27N3O2. The molecule has 1 aromatic rings. The summed E-state index contributed by atoms with van der Waals surface area (Å²) in [6.45, 7) is 7.01. The second-order valence-corrected chi connectivity index (χ2v) is 7.33. The minimum atomic E-state index is 0.0122. The SMILES string of the molecule is CC(C)CC(=O)N1CCC(NC(=O)N2Cc3ccccc3C2)CC1. The predicted molar refractivity (Wildman–Crippen MR) is 93.3 cm³/mol. The molecule has 0 spiro atoms. The summed E-state index contributed by atoms with van der Waals surface area (Å²) < 4.78 is 0. The Hall–Kier alpha value is -2.04. The van der Waals surface area contributed by atoms with E-state index in [4.69, 9.17) is 0 Å². The third-order valence-corrected chi connectivity index (χ3v) is 4.89. The summed E-state index contributed by atoms with van der Waals surface area (Å²) in [4.78, 5) is 28.4. The van der Waals surface area contributed by atoms with E-state index in [9.17, 15) is 9.59 Å². The van der Waals surface area contributed by atoms with Gasteiger partial charge >= 0.3 is 6.03 Å². The highest BCUT2D eigenvalue weighted by Gasteiger charge is 2.27. The monoisotopic (exact) mass is 329 g/mol. The molecule has 1 saturated heterocycles. The minimum absolute atomic E-state index is 0.0122. The van der Waals surface area contributed by atoms with Gasteiger partial charge < -0.3 is 15.1 Å². The zero-order valence-corrected chi connectivity index (χ0v) is 14.6. The Morgan fingerprint density at radius 3 is 2.21 bits per heavy atom. The Labute approximate surface area is 144 Å². The number of urea groups is 1. The smallest absolute Gasteiger partial charge is 0.318 e. The average molecular weight is 329 g/mol. The molecule has 0 radical (unpaired) electrons. The molecule has 0 unspecified atom stereocenters. The lowest BCUT2D eigenvalue weighted by Gasteiger charge is -2.33. The van der Waals surface area contributed by atoms with Gasteiger partial charge in [-0.2, -0.15) is 0 Å². The molecule has 1 aromatic carbocycles. The van der Waals surface area contributed by atoms with E-state index in [-0.39, 0.29) is 18.0 Å². The van der Waals surface area contributed by atoms with Crippen LogP contribution < -0.4 is 5.32 Å². The van der Waals surface area contributed by atoms with Gasteiger partial charge in [0.2, 0.25) is 5.91 Å². The summed E-state index contributed by atoms with van der Waals surface area (Å²) in [6, 6.07) is 8.39. The van der Waals surface area contributed by atoms with Crippen molar-refractivity contribution < 1.29 is 9.59 Å². The van der Waals surface area contributed by atoms with Gasteiger partial charge in [-0.3, -0.25) is 4.79 Å². The average Bonchev–Trinajstić information content (AvgIpc) is 2.99. The third kappa shape index (κ3) is 3.89. The van der Waals surface area contributed by atoms with Crippen LogP contribution in [0.25, 0.3) is 0 Å². The molecule has 0 bridgehead atoms. The van der Waals surface area contributed by atoms with Crippen LogP contribution in [0.3, 0.4) is 0 Å². The fourth-order valence-electron chi connectivity index (χ4n) is 3.49. The van der Waals surface area contributed by atoms with Crippen molar-refractivity contribution in [1.82, 2.24) is 15.1 Å². The molecule has 2 aliphatic rings. The van der Waals surface area contributed by atoms with E-state index in [1.165, 1.54) is 11.1 Å². The van der Waals surface area contributed by atoms with E-state index in [1.807, 2.05) is 21.9 Å². The number of hydrogen-bond acceptors (Lipinski definition) is 2. The van der Waals surface area contributed by atoms with Crippen molar-refractivity contribution in [2.45, 2.75) is 52.2 Å². The van der Waals surface area contributed by atoms with Crippen LogP contribution in [0.2, 0.25) is 0 Å². The summed E-state index contributed by atoms with van der Waals surface area (Å²) in [5, 5.41) is 3.14. The molecule has 0 saturated carbocycles. The van der Waals surface area contributed by atoms with Crippen molar-refractivity contribution >= 4 is 11.9 Å². The van der Waals surface area contributed by atoms with Crippen molar-refractivity contribution in [2.75, 3.05) is 13.1 Å². The maximum atomic E-state index is 12.5. The van der Waals surface area contributed by atoms with Crippen LogP contribution in [0, 0.1) is 5.92 Å². The van der Waals surface area contributed by atoms with Gasteiger partial charge in [0.15, 0.2) is 0 Å². The molecule has 1 fully saturated rings. The quantitative estimate of drug-likeness (QED) is 0.927. The van der Waals surface area contributed by atoms with Gasteiger partial charge in [0.1, 0.15) is 0 Å². The lowest BCUT2D eigenvalue weighted by Crippen LogP contribution is -2.49. The Kier molecular flexibility index (Phi) is 5.07. The van der Waals surface area contributed by atoms with E-state index in [2.05, 4.69) is 31.3 Å². The Bertz CT molecular complexity index is 581. The van der Waals surface area contributed by atoms with Gasteiger partial charge in [-0.15, -0.1) is 0 Å². The van der Waals surface area contributed by atoms with E-state index in [0.29, 0.717) is 25.4 Å². The van der Waals surface area contributed by atoms with E-state index < -0.39 is 0 Å². The lowest BCUT2D eigenvalue weighted by molar-refractivity contribution is -0.133. The van der Waals surface area contributed by atoms with Gasteiger partial charge in [0.05, 0.1) is 0 Å². The first kappa shape index (κ1) is 16.8. The second kappa shape index (κ2) is 7.24. The maximum absolute atomic E-state index is 12.5. The van der Waals surface area contributed by atoms with Crippen molar-refractivity contribution in [1.29, 1.82) is 0 Å². The standard InChI is InChI=1S/C19H27N3O2/c1-14(2)11-18(23)21-9-7-17(8-10-21)20-19(24)22-12-15-5-3-4-6-16(15)13-22/h3-6,14,17H,7-13H2,1-2H3,(H,20,24). The highest BCUT2D eigenvalue weighted by molar-refractivity contribution is 5.77. The molecule has 0 aromatic heterocycles. The highest BCUT2D eigenvalue weighted by atomic mass is 16.2. The molecule has 3 rings (SSSR count).